The van der Waals surface area contributed by atoms with Crippen LogP contribution in [0.5, 0.6) is 0 Å². The molecule has 12 heteroatoms. The van der Waals surface area contributed by atoms with Gasteiger partial charge in [0.15, 0.2) is 22.3 Å². The summed E-state index contributed by atoms with van der Waals surface area (Å²) in [5, 5.41) is 37.2. The van der Waals surface area contributed by atoms with E-state index in [0.29, 0.717) is 0 Å². The quantitative estimate of drug-likeness (QED) is 0.172. The van der Waals surface area contributed by atoms with E-state index in [1.165, 1.54) is 135 Å². The molecule has 0 amide bonds. The molecule has 22 aromatic carbocycles. The highest BCUT2D eigenvalue weighted by Crippen LogP contribution is 2.58. The van der Waals surface area contributed by atoms with Crippen LogP contribution in [0.2, 0.25) is 0 Å². The van der Waals surface area contributed by atoms with E-state index in [-0.39, 0.29) is 0 Å². The number of para-hydroxylation sites is 15. The molecule has 0 aliphatic rings. The first-order valence-corrected chi connectivity index (χ1v) is 49.6. The van der Waals surface area contributed by atoms with Crippen LogP contribution in [0.1, 0.15) is 0 Å². The number of nitrogens with zero attached hydrogens (tertiary/aromatic N) is 8. The van der Waals surface area contributed by atoms with Crippen LogP contribution in [0.25, 0.3) is 361 Å². The van der Waals surface area contributed by atoms with Gasteiger partial charge in [-0.15, -0.1) is 0 Å². The van der Waals surface area contributed by atoms with E-state index in [4.69, 9.17) is 17.7 Å². The topological polar surface area (TPSA) is 89.9 Å². The lowest BCUT2D eigenvalue weighted by Crippen LogP contribution is -1.97. The Balaban J connectivity index is 0.631. The molecule has 0 radical (unpaired) electrons. The van der Waals surface area contributed by atoms with Gasteiger partial charge in [-0.2, -0.15) is 0 Å². The van der Waals surface area contributed by atoms with E-state index in [0.717, 1.165) is 226 Å². The fourth-order valence-electron chi connectivity index (χ4n) is 28.2. The molecule has 38 aromatic rings. The highest BCUT2D eigenvalue weighted by molar-refractivity contribution is 6.42. The maximum atomic E-state index is 7.36. The molecule has 0 fully saturated rings. The van der Waals surface area contributed by atoms with Crippen molar-refractivity contribution in [3.63, 3.8) is 0 Å². The maximum Gasteiger partial charge on any atom is 0.159 e. The Morgan fingerprint density at radius 1 is 0.132 bits per heavy atom. The summed E-state index contributed by atoms with van der Waals surface area (Å²) < 4.78 is 49.1. The van der Waals surface area contributed by atoms with Gasteiger partial charge in [-0.05, 0) is 139 Å². The summed E-state index contributed by atoms with van der Waals surface area (Å²) in [5.74, 6) is 0. The molecule has 16 aromatic heterocycles. The summed E-state index contributed by atoms with van der Waals surface area (Å²) >= 11 is 0. The molecular formula is C132H66N8O4. The Labute approximate surface area is 809 Å². The predicted molar refractivity (Wildman–Crippen MR) is 597 cm³/mol. The van der Waals surface area contributed by atoms with Crippen LogP contribution in [0.3, 0.4) is 0 Å². The third-order valence-corrected chi connectivity index (χ3v) is 33.7. The minimum atomic E-state index is 0.827. The molecule has 16 heterocycles. The molecule has 12 nitrogen and oxygen atoms in total. The Bertz CT molecular complexity index is 12800. The SMILES string of the molecule is c1ccc2c(c1)oc1c(-n3c4ccccc4c4c5c6ccccc6n6c7cc8c9cc%10c(c%11ccc(-c%12cc%13c%14ccccc%14n(-c%14cccc%15c%14oc%14ccccc%14%15)c%13c%13c%12c%12cccc%14c%15cc%16c(cc%15n%13c%14%12)c%12cccc%13c%14ccc%15c%17ccccc%17n(-c%17cccc%18c%17oc%17ccccc%17%18)c%15c%14n%16c%12%13)cc%11n%10-c%10cccc%11c%10oc%10ccccc%10%11)c%10c%11ccccc%11n(c8cc7c(cc43)c56)c9%10)cccc12. The highest BCUT2D eigenvalue weighted by Gasteiger charge is 2.36. The molecule has 0 saturated carbocycles. The van der Waals surface area contributed by atoms with E-state index >= 15 is 0 Å². The van der Waals surface area contributed by atoms with Gasteiger partial charge >= 0.3 is 0 Å². The van der Waals surface area contributed by atoms with Crippen molar-refractivity contribution >= 4 is 327 Å². The highest BCUT2D eigenvalue weighted by atomic mass is 16.3. The van der Waals surface area contributed by atoms with Crippen molar-refractivity contribution in [3.05, 3.63) is 400 Å². The summed E-state index contributed by atoms with van der Waals surface area (Å²) in [5.41, 5.74) is 35.9. The lowest BCUT2D eigenvalue weighted by Gasteiger charge is -2.13. The van der Waals surface area contributed by atoms with Gasteiger partial charge in [-0.1, -0.05) is 273 Å². The van der Waals surface area contributed by atoms with Crippen LogP contribution in [0, 0.1) is 0 Å². The monoisotopic (exact) mass is 1830 g/mol. The average molecular weight is 1830 g/mol. The number of aromatic nitrogens is 8. The molecule has 0 aliphatic heterocycles. The second kappa shape index (κ2) is 24.9. The first-order valence-electron chi connectivity index (χ1n) is 49.6. The minimum absolute atomic E-state index is 0.827. The Kier molecular flexibility index (Phi) is 12.6. The van der Waals surface area contributed by atoms with Crippen LogP contribution in [0.15, 0.2) is 418 Å². The van der Waals surface area contributed by atoms with Crippen molar-refractivity contribution in [1.29, 1.82) is 0 Å². The number of rotatable bonds is 5. The molecule has 144 heavy (non-hydrogen) atoms. The fourth-order valence-corrected chi connectivity index (χ4v) is 28.2. The number of hydrogen-bond acceptors (Lipinski definition) is 4. The smallest absolute Gasteiger partial charge is 0.159 e. The van der Waals surface area contributed by atoms with Crippen molar-refractivity contribution in [2.75, 3.05) is 0 Å². The van der Waals surface area contributed by atoms with Crippen LogP contribution in [0.4, 0.5) is 0 Å². The van der Waals surface area contributed by atoms with E-state index in [2.05, 4.69) is 436 Å². The summed E-state index contributed by atoms with van der Waals surface area (Å²) in [6.07, 6.45) is 0. The molecule has 0 N–H and O–H groups in total. The second-order valence-corrected chi connectivity index (χ2v) is 40.2. The normalized spacial score (nSPS) is 13.1. The molecule has 0 spiro atoms. The predicted octanol–water partition coefficient (Wildman–Crippen LogP) is 35.9. The first kappa shape index (κ1) is 72.8. The molecule has 38 rings (SSSR count). The second-order valence-electron chi connectivity index (χ2n) is 40.2. The van der Waals surface area contributed by atoms with Gasteiger partial charge in [0.1, 0.15) is 22.3 Å². The van der Waals surface area contributed by atoms with Crippen molar-refractivity contribution in [1.82, 2.24) is 35.9 Å². The van der Waals surface area contributed by atoms with Gasteiger partial charge < -0.3 is 53.5 Å². The van der Waals surface area contributed by atoms with Crippen molar-refractivity contribution in [3.8, 4) is 33.9 Å². The first-order chi connectivity index (χ1) is 71.5. The number of furan rings is 4. The molecule has 0 saturated heterocycles. The minimum Gasteiger partial charge on any atom is -0.454 e. The third kappa shape index (κ3) is 8.34. The number of hydrogen-bond donors (Lipinski definition) is 0. The average Bonchev–Trinajstić information content (AvgIpc) is 1.50. The van der Waals surface area contributed by atoms with Gasteiger partial charge in [0.25, 0.3) is 0 Å². The van der Waals surface area contributed by atoms with Crippen molar-refractivity contribution < 1.29 is 17.7 Å². The molecular weight excluding hydrogens is 1760 g/mol. The van der Waals surface area contributed by atoms with Gasteiger partial charge in [-0.3, -0.25) is 0 Å². The van der Waals surface area contributed by atoms with Gasteiger partial charge in [0.05, 0.1) is 133 Å². The molecule has 658 valence electrons. The Morgan fingerprint density at radius 3 is 0.896 bits per heavy atom. The summed E-state index contributed by atoms with van der Waals surface area (Å²) in [7, 11) is 0. The van der Waals surface area contributed by atoms with Crippen molar-refractivity contribution in [2.45, 2.75) is 0 Å². The van der Waals surface area contributed by atoms with Gasteiger partial charge in [0, 0.05) is 172 Å². The van der Waals surface area contributed by atoms with Crippen molar-refractivity contribution in [2.24, 2.45) is 0 Å². The zero-order valence-corrected chi connectivity index (χ0v) is 76.3. The van der Waals surface area contributed by atoms with Crippen LogP contribution in [-0.2, 0) is 0 Å². The van der Waals surface area contributed by atoms with Gasteiger partial charge in [-0.25, -0.2) is 0 Å². The van der Waals surface area contributed by atoms with Gasteiger partial charge in [0.2, 0.25) is 0 Å². The maximum absolute atomic E-state index is 7.36. The fraction of sp³-hybridized carbons (Fsp3) is 0. The number of benzene rings is 22. The van der Waals surface area contributed by atoms with E-state index in [1.807, 2.05) is 0 Å². The zero-order chi connectivity index (χ0) is 92.2. The van der Waals surface area contributed by atoms with E-state index < -0.39 is 0 Å². The van der Waals surface area contributed by atoms with Crippen LogP contribution in [-0.4, -0.2) is 35.9 Å². The molecule has 0 aliphatic carbocycles. The third-order valence-electron chi connectivity index (χ3n) is 33.7. The van der Waals surface area contributed by atoms with E-state index in [9.17, 15) is 0 Å². The van der Waals surface area contributed by atoms with E-state index in [1.54, 1.807) is 0 Å². The lowest BCUT2D eigenvalue weighted by atomic mass is 9.94. The summed E-state index contributed by atoms with van der Waals surface area (Å²) in [6.45, 7) is 0. The van der Waals surface area contributed by atoms with Crippen LogP contribution >= 0.6 is 0 Å². The Hall–Kier alpha value is -19.6. The summed E-state index contributed by atoms with van der Waals surface area (Å²) in [6, 6.07) is 150. The number of fused-ring (bicyclic) bond motifs is 52. The standard InChI is InChI=1S/C132H66N8O4/c1-10-42-96-68(25-1)77-57-58-78-74-34-19-35-75-89-62-109-90(61-108(89)139(121(74)75)126(78)125(77)135(96)103-49-23-39-81-72-29-8-17-53-114(72)143-131(81)103)76-36-20-41-87-116-88(60-93-69-26-2-11-43-97(69)136(127(93)128(116)140(109)122(76)87)104-50-24-40-82-73-30-9-18-54-115(73)144-132(82)104)67-55-56-86-105(59-67)134(102-48-22-38-80-71-28-7-16-52-113(71)142-130(80)102)111-66-95-92-64-106-91(63-107(92)138-100-46-14-5-33-85(100)120(118(86)111)124(95)138)94-65-110-117(119-84-32-4-13-45-99(84)137(106)123(94)119)83-31-3-12-44-98(83)133(110)101-47-21-37-79-70-27-6-15-51-112(70)141-129(79)101/h1-66H. The Morgan fingerprint density at radius 2 is 0.424 bits per heavy atom. The molecule has 0 bridgehead atoms. The zero-order valence-electron chi connectivity index (χ0n) is 76.3. The molecule has 0 unspecified atom stereocenters. The molecule has 0 atom stereocenters. The summed E-state index contributed by atoms with van der Waals surface area (Å²) in [4.78, 5) is 0. The lowest BCUT2D eigenvalue weighted by molar-refractivity contribution is 0.666. The van der Waals surface area contributed by atoms with Crippen LogP contribution < -0.4 is 0 Å². The largest absolute Gasteiger partial charge is 0.454 e.